The van der Waals surface area contributed by atoms with Crippen LogP contribution >= 0.6 is 0 Å². The number of nitrogens with zero attached hydrogens (tertiary/aromatic N) is 2. The summed E-state index contributed by atoms with van der Waals surface area (Å²) >= 11 is 0. The maximum Gasteiger partial charge on any atom is 0.275 e. The molecule has 1 aromatic carbocycles. The zero-order chi connectivity index (χ0) is 16.8. The number of benzene rings is 1. The van der Waals surface area contributed by atoms with Gasteiger partial charge >= 0.3 is 0 Å². The molecule has 2 N–H and O–H groups in total. The third-order valence-electron chi connectivity index (χ3n) is 3.61. The summed E-state index contributed by atoms with van der Waals surface area (Å²) in [4.78, 5) is 20.9. The van der Waals surface area contributed by atoms with Gasteiger partial charge in [-0.15, -0.1) is 0 Å². The molecule has 23 heavy (non-hydrogen) atoms. The Kier molecular flexibility index (Phi) is 5.68. The molecule has 0 atom stereocenters. The number of nitrogens with one attached hydrogen (secondary N) is 2. The van der Waals surface area contributed by atoms with Gasteiger partial charge in [-0.3, -0.25) is 4.79 Å². The lowest BCUT2D eigenvalue weighted by molar-refractivity contribution is 0.102. The van der Waals surface area contributed by atoms with Crippen molar-refractivity contribution in [1.29, 1.82) is 0 Å². The molecule has 0 fully saturated rings. The lowest BCUT2D eigenvalue weighted by atomic mass is 9.98. The fourth-order valence-corrected chi connectivity index (χ4v) is 2.31. The normalized spacial score (nSPS) is 10.7. The van der Waals surface area contributed by atoms with Gasteiger partial charge in [0.1, 0.15) is 11.5 Å². The molecule has 1 amide bonds. The molecule has 0 aliphatic heterocycles. The molecule has 0 bridgehead atoms. The van der Waals surface area contributed by atoms with Gasteiger partial charge in [0.05, 0.1) is 12.4 Å². The Balaban J connectivity index is 2.16. The Morgan fingerprint density at radius 2 is 2.00 bits per heavy atom. The second kappa shape index (κ2) is 7.72. The van der Waals surface area contributed by atoms with E-state index in [4.69, 9.17) is 0 Å². The predicted molar refractivity (Wildman–Crippen MR) is 94.0 cm³/mol. The van der Waals surface area contributed by atoms with Gasteiger partial charge < -0.3 is 10.6 Å². The van der Waals surface area contributed by atoms with Crippen LogP contribution in [-0.2, 0) is 0 Å². The van der Waals surface area contributed by atoms with E-state index in [1.807, 2.05) is 25.1 Å². The minimum absolute atomic E-state index is 0.240. The largest absolute Gasteiger partial charge is 0.369 e. The molecule has 2 aromatic rings. The second-order valence-electron chi connectivity index (χ2n) is 5.86. The maximum atomic E-state index is 12.4. The number of aryl methyl sites for hydroxylation is 1. The van der Waals surface area contributed by atoms with Crippen LogP contribution in [0.1, 0.15) is 54.7 Å². The van der Waals surface area contributed by atoms with Crippen LogP contribution in [0.2, 0.25) is 0 Å². The number of amides is 1. The summed E-state index contributed by atoms with van der Waals surface area (Å²) in [5.41, 5.74) is 3.33. The summed E-state index contributed by atoms with van der Waals surface area (Å²) in [5.74, 6) is 0.773. The molecule has 0 aliphatic rings. The Morgan fingerprint density at radius 3 is 2.61 bits per heavy atom. The SMILES string of the molecule is CCCNc1cnc(C(=O)Nc2c(C)cccc2C(C)C)cn1. The van der Waals surface area contributed by atoms with Crippen LogP contribution in [0.15, 0.2) is 30.6 Å². The van der Waals surface area contributed by atoms with Crippen LogP contribution in [-0.4, -0.2) is 22.4 Å². The number of aromatic nitrogens is 2. The number of hydrogen-bond acceptors (Lipinski definition) is 4. The van der Waals surface area contributed by atoms with Gasteiger partial charge in [0.15, 0.2) is 0 Å². The van der Waals surface area contributed by atoms with Crippen molar-refractivity contribution in [2.75, 3.05) is 17.2 Å². The van der Waals surface area contributed by atoms with E-state index in [1.54, 1.807) is 6.20 Å². The molecule has 122 valence electrons. The third kappa shape index (κ3) is 4.28. The molecule has 0 unspecified atom stereocenters. The van der Waals surface area contributed by atoms with E-state index in [0.717, 1.165) is 29.8 Å². The van der Waals surface area contributed by atoms with E-state index >= 15 is 0 Å². The molecule has 5 heteroatoms. The monoisotopic (exact) mass is 312 g/mol. The molecule has 1 aromatic heterocycles. The lowest BCUT2D eigenvalue weighted by Gasteiger charge is -2.16. The molecule has 2 rings (SSSR count). The van der Waals surface area contributed by atoms with Gasteiger partial charge in [0.25, 0.3) is 5.91 Å². The van der Waals surface area contributed by atoms with Crippen molar-refractivity contribution in [2.24, 2.45) is 0 Å². The fraction of sp³-hybridized carbons (Fsp3) is 0.389. The van der Waals surface area contributed by atoms with Crippen LogP contribution in [0.25, 0.3) is 0 Å². The van der Waals surface area contributed by atoms with Crippen LogP contribution in [0.3, 0.4) is 0 Å². The number of para-hydroxylation sites is 1. The van der Waals surface area contributed by atoms with Gasteiger partial charge in [-0.1, -0.05) is 39.0 Å². The van der Waals surface area contributed by atoms with Gasteiger partial charge in [-0.05, 0) is 30.4 Å². The fourth-order valence-electron chi connectivity index (χ4n) is 2.31. The zero-order valence-corrected chi connectivity index (χ0v) is 14.2. The Bertz CT molecular complexity index is 665. The first-order chi connectivity index (χ1) is 11.0. The van der Waals surface area contributed by atoms with E-state index in [-0.39, 0.29) is 5.91 Å². The molecule has 0 saturated heterocycles. The maximum absolute atomic E-state index is 12.4. The third-order valence-corrected chi connectivity index (χ3v) is 3.61. The second-order valence-corrected chi connectivity index (χ2v) is 5.86. The van der Waals surface area contributed by atoms with Crippen LogP contribution < -0.4 is 10.6 Å². The molecule has 5 nitrogen and oxygen atoms in total. The molecule has 0 spiro atoms. The van der Waals surface area contributed by atoms with Gasteiger partial charge in [-0.2, -0.15) is 0 Å². The smallest absolute Gasteiger partial charge is 0.275 e. The van der Waals surface area contributed by atoms with Crippen molar-refractivity contribution in [3.63, 3.8) is 0 Å². The Hall–Kier alpha value is -2.43. The van der Waals surface area contributed by atoms with Crippen molar-refractivity contribution in [3.05, 3.63) is 47.4 Å². The number of anilines is 2. The highest BCUT2D eigenvalue weighted by molar-refractivity contribution is 6.03. The van der Waals surface area contributed by atoms with Crippen molar-refractivity contribution >= 4 is 17.4 Å². The van der Waals surface area contributed by atoms with Crippen molar-refractivity contribution < 1.29 is 4.79 Å². The number of carbonyl (C=O) groups is 1. The first kappa shape index (κ1) is 16.9. The molecule has 0 aliphatic carbocycles. The molecular weight excluding hydrogens is 288 g/mol. The molecule has 0 radical (unpaired) electrons. The summed E-state index contributed by atoms with van der Waals surface area (Å²) in [6.45, 7) is 9.12. The summed E-state index contributed by atoms with van der Waals surface area (Å²) < 4.78 is 0. The zero-order valence-electron chi connectivity index (χ0n) is 14.2. The standard InChI is InChI=1S/C18H24N4O/c1-5-9-19-16-11-20-15(10-21-16)18(23)22-17-13(4)7-6-8-14(17)12(2)3/h6-8,10-12H,5,9H2,1-4H3,(H,19,21)(H,22,23). The minimum atomic E-state index is -0.240. The van der Waals surface area contributed by atoms with E-state index in [9.17, 15) is 4.79 Å². The highest BCUT2D eigenvalue weighted by Crippen LogP contribution is 2.27. The average Bonchev–Trinajstić information content (AvgIpc) is 2.55. The summed E-state index contributed by atoms with van der Waals surface area (Å²) in [6.07, 6.45) is 4.10. The van der Waals surface area contributed by atoms with Gasteiger partial charge in [0, 0.05) is 12.2 Å². The lowest BCUT2D eigenvalue weighted by Crippen LogP contribution is -2.17. The highest BCUT2D eigenvalue weighted by Gasteiger charge is 2.14. The quantitative estimate of drug-likeness (QED) is 0.846. The highest BCUT2D eigenvalue weighted by atomic mass is 16.1. The summed E-state index contributed by atoms with van der Waals surface area (Å²) in [5, 5.41) is 6.12. The van der Waals surface area contributed by atoms with Crippen molar-refractivity contribution in [2.45, 2.75) is 40.0 Å². The van der Waals surface area contributed by atoms with Crippen LogP contribution in [0.4, 0.5) is 11.5 Å². The molecule has 1 heterocycles. The molecular formula is C18H24N4O. The Morgan fingerprint density at radius 1 is 1.22 bits per heavy atom. The minimum Gasteiger partial charge on any atom is -0.369 e. The van der Waals surface area contributed by atoms with Crippen LogP contribution in [0, 0.1) is 6.92 Å². The number of carbonyl (C=O) groups excluding carboxylic acids is 1. The van der Waals surface area contributed by atoms with E-state index < -0.39 is 0 Å². The molecule has 0 saturated carbocycles. The van der Waals surface area contributed by atoms with Crippen molar-refractivity contribution in [1.82, 2.24) is 9.97 Å². The number of hydrogen-bond donors (Lipinski definition) is 2. The summed E-state index contributed by atoms with van der Waals surface area (Å²) in [6, 6.07) is 6.04. The van der Waals surface area contributed by atoms with Crippen LogP contribution in [0.5, 0.6) is 0 Å². The van der Waals surface area contributed by atoms with E-state index in [2.05, 4.69) is 41.4 Å². The van der Waals surface area contributed by atoms with E-state index in [0.29, 0.717) is 17.4 Å². The predicted octanol–water partition coefficient (Wildman–Crippen LogP) is 3.98. The van der Waals surface area contributed by atoms with Gasteiger partial charge in [-0.25, -0.2) is 9.97 Å². The van der Waals surface area contributed by atoms with E-state index in [1.165, 1.54) is 6.20 Å². The van der Waals surface area contributed by atoms with Crippen molar-refractivity contribution in [3.8, 4) is 0 Å². The average molecular weight is 312 g/mol. The van der Waals surface area contributed by atoms with Gasteiger partial charge in [0.2, 0.25) is 0 Å². The topological polar surface area (TPSA) is 66.9 Å². The first-order valence-electron chi connectivity index (χ1n) is 7.99. The summed E-state index contributed by atoms with van der Waals surface area (Å²) in [7, 11) is 0. The Labute approximate surface area is 137 Å². The first-order valence-corrected chi connectivity index (χ1v) is 7.99. The number of rotatable bonds is 6.